The molecule has 0 spiro atoms. The van der Waals surface area contributed by atoms with Crippen LogP contribution in [0.5, 0.6) is 5.75 Å². The summed E-state index contributed by atoms with van der Waals surface area (Å²) in [6.45, 7) is 4.54. The van der Waals surface area contributed by atoms with Crippen molar-refractivity contribution >= 4 is 21.8 Å². The third-order valence-electron chi connectivity index (χ3n) is 2.37. The van der Waals surface area contributed by atoms with E-state index >= 15 is 0 Å². The lowest BCUT2D eigenvalue weighted by Crippen LogP contribution is -2.51. The number of benzene rings is 1. The normalized spacial score (nSPS) is 11.2. The Bertz CT molecular complexity index is 377. The van der Waals surface area contributed by atoms with Crippen molar-refractivity contribution in [2.24, 2.45) is 5.73 Å². The molecule has 1 aromatic carbocycles. The monoisotopic (exact) mass is 300 g/mol. The number of nitrogens with one attached hydrogen (secondary N) is 1. The molecule has 17 heavy (non-hydrogen) atoms. The molecule has 0 heterocycles. The van der Waals surface area contributed by atoms with Crippen LogP contribution in [0.25, 0.3) is 0 Å². The maximum atomic E-state index is 11.0. The molecule has 0 fully saturated rings. The van der Waals surface area contributed by atoms with E-state index in [9.17, 15) is 4.79 Å². The Kier molecular flexibility index (Phi) is 4.96. The van der Waals surface area contributed by atoms with Gasteiger partial charge in [-0.3, -0.25) is 4.79 Å². The Morgan fingerprint density at radius 1 is 1.41 bits per heavy atom. The van der Waals surface area contributed by atoms with Crippen molar-refractivity contribution < 1.29 is 9.53 Å². The molecule has 0 radical (unpaired) electrons. The maximum absolute atomic E-state index is 11.0. The average Bonchev–Trinajstić information content (AvgIpc) is 2.26. The number of primary amides is 1. The highest BCUT2D eigenvalue weighted by atomic mass is 79.9. The van der Waals surface area contributed by atoms with Crippen molar-refractivity contribution in [1.29, 1.82) is 0 Å². The molecular formula is C12H17BrN2O2. The first kappa shape index (κ1) is 14.0. The third-order valence-corrected chi connectivity index (χ3v) is 2.90. The van der Waals surface area contributed by atoms with Crippen LogP contribution in [-0.2, 0) is 4.79 Å². The van der Waals surface area contributed by atoms with Crippen LogP contribution in [0, 0.1) is 0 Å². The second kappa shape index (κ2) is 6.02. The van der Waals surface area contributed by atoms with E-state index in [1.54, 1.807) is 13.8 Å². The van der Waals surface area contributed by atoms with Gasteiger partial charge in [0.2, 0.25) is 5.91 Å². The molecule has 3 N–H and O–H groups in total. The predicted octanol–water partition coefficient (Wildman–Crippen LogP) is 1.68. The average molecular weight is 301 g/mol. The van der Waals surface area contributed by atoms with Gasteiger partial charge in [0.05, 0.1) is 5.54 Å². The Morgan fingerprint density at radius 2 is 2.00 bits per heavy atom. The van der Waals surface area contributed by atoms with Gasteiger partial charge < -0.3 is 15.8 Å². The Balaban J connectivity index is 2.29. The zero-order valence-electron chi connectivity index (χ0n) is 10.00. The van der Waals surface area contributed by atoms with Crippen LogP contribution in [0.15, 0.2) is 28.7 Å². The number of carbonyl (C=O) groups is 1. The van der Waals surface area contributed by atoms with Crippen LogP contribution >= 0.6 is 15.9 Å². The molecule has 0 aliphatic carbocycles. The summed E-state index contributed by atoms with van der Waals surface area (Å²) < 4.78 is 6.51. The first-order valence-electron chi connectivity index (χ1n) is 5.35. The van der Waals surface area contributed by atoms with Crippen LogP contribution in [0.3, 0.4) is 0 Å². The van der Waals surface area contributed by atoms with Gasteiger partial charge in [-0.2, -0.15) is 0 Å². The molecule has 0 atom stereocenters. The smallest absolute Gasteiger partial charge is 0.237 e. The maximum Gasteiger partial charge on any atom is 0.237 e. The first-order chi connectivity index (χ1) is 7.92. The first-order valence-corrected chi connectivity index (χ1v) is 6.14. The standard InChI is InChI=1S/C12H17BrN2O2/c1-12(2,11(14)16)15-7-8-17-10-5-3-9(13)4-6-10/h3-6,15H,7-8H2,1-2H3,(H2,14,16). The van der Waals surface area contributed by atoms with Crippen molar-refractivity contribution in [2.75, 3.05) is 13.2 Å². The van der Waals surface area contributed by atoms with Crippen molar-refractivity contribution in [1.82, 2.24) is 5.32 Å². The molecule has 94 valence electrons. The molecule has 0 bridgehead atoms. The molecule has 0 unspecified atom stereocenters. The minimum Gasteiger partial charge on any atom is -0.492 e. The molecule has 5 heteroatoms. The van der Waals surface area contributed by atoms with E-state index in [0.717, 1.165) is 10.2 Å². The van der Waals surface area contributed by atoms with Crippen LogP contribution in [0.1, 0.15) is 13.8 Å². The van der Waals surface area contributed by atoms with E-state index in [0.29, 0.717) is 13.2 Å². The molecule has 0 saturated carbocycles. The Labute approximate surface area is 110 Å². The summed E-state index contributed by atoms with van der Waals surface area (Å²) in [5.41, 5.74) is 4.53. The highest BCUT2D eigenvalue weighted by Gasteiger charge is 2.23. The fourth-order valence-corrected chi connectivity index (χ4v) is 1.41. The summed E-state index contributed by atoms with van der Waals surface area (Å²) in [5, 5.41) is 3.03. The predicted molar refractivity (Wildman–Crippen MR) is 70.9 cm³/mol. The number of hydrogen-bond acceptors (Lipinski definition) is 3. The van der Waals surface area contributed by atoms with Crippen LogP contribution < -0.4 is 15.8 Å². The van der Waals surface area contributed by atoms with E-state index in [1.165, 1.54) is 0 Å². The van der Waals surface area contributed by atoms with Crippen molar-refractivity contribution in [3.8, 4) is 5.75 Å². The SMILES string of the molecule is CC(C)(NCCOc1ccc(Br)cc1)C(N)=O. The third kappa shape index (κ3) is 4.75. The van der Waals surface area contributed by atoms with Gasteiger partial charge in [0, 0.05) is 11.0 Å². The van der Waals surface area contributed by atoms with Crippen LogP contribution in [-0.4, -0.2) is 24.6 Å². The Hall–Kier alpha value is -1.07. The fraction of sp³-hybridized carbons (Fsp3) is 0.417. The van der Waals surface area contributed by atoms with E-state index in [-0.39, 0.29) is 5.91 Å². The van der Waals surface area contributed by atoms with E-state index < -0.39 is 5.54 Å². The fourth-order valence-electron chi connectivity index (χ4n) is 1.15. The summed E-state index contributed by atoms with van der Waals surface area (Å²) in [6.07, 6.45) is 0. The van der Waals surface area contributed by atoms with Gasteiger partial charge in [-0.05, 0) is 38.1 Å². The highest BCUT2D eigenvalue weighted by Crippen LogP contribution is 2.15. The molecule has 1 amide bonds. The molecule has 0 aromatic heterocycles. The van der Waals surface area contributed by atoms with Gasteiger partial charge in [0.25, 0.3) is 0 Å². The molecule has 1 aromatic rings. The van der Waals surface area contributed by atoms with Gasteiger partial charge in [-0.15, -0.1) is 0 Å². The molecule has 1 rings (SSSR count). The molecule has 0 saturated heterocycles. The largest absolute Gasteiger partial charge is 0.492 e. The van der Waals surface area contributed by atoms with E-state index in [1.807, 2.05) is 24.3 Å². The lowest BCUT2D eigenvalue weighted by Gasteiger charge is -2.22. The van der Waals surface area contributed by atoms with E-state index in [2.05, 4.69) is 21.2 Å². The quantitative estimate of drug-likeness (QED) is 0.786. The van der Waals surface area contributed by atoms with Gasteiger partial charge >= 0.3 is 0 Å². The number of carbonyl (C=O) groups excluding carboxylic acids is 1. The zero-order valence-corrected chi connectivity index (χ0v) is 11.6. The lowest BCUT2D eigenvalue weighted by atomic mass is 10.1. The van der Waals surface area contributed by atoms with Crippen molar-refractivity contribution in [2.45, 2.75) is 19.4 Å². The number of rotatable bonds is 6. The van der Waals surface area contributed by atoms with Crippen LogP contribution in [0.4, 0.5) is 0 Å². The lowest BCUT2D eigenvalue weighted by molar-refractivity contribution is -0.123. The second-order valence-corrected chi connectivity index (χ2v) is 5.13. The summed E-state index contributed by atoms with van der Waals surface area (Å²) in [5.74, 6) is 0.424. The molecule has 4 nitrogen and oxygen atoms in total. The number of nitrogens with two attached hydrogens (primary N) is 1. The van der Waals surface area contributed by atoms with Gasteiger partial charge in [-0.1, -0.05) is 15.9 Å². The summed E-state index contributed by atoms with van der Waals surface area (Å²) in [7, 11) is 0. The number of ether oxygens (including phenoxy) is 1. The van der Waals surface area contributed by atoms with Crippen LogP contribution in [0.2, 0.25) is 0 Å². The minimum absolute atomic E-state index is 0.374. The number of hydrogen-bond donors (Lipinski definition) is 2. The zero-order chi connectivity index (χ0) is 12.9. The molecule has 0 aliphatic rings. The molecular weight excluding hydrogens is 284 g/mol. The van der Waals surface area contributed by atoms with E-state index in [4.69, 9.17) is 10.5 Å². The number of halogens is 1. The summed E-state index contributed by atoms with van der Waals surface area (Å²) >= 11 is 3.35. The second-order valence-electron chi connectivity index (χ2n) is 4.22. The van der Waals surface area contributed by atoms with Crippen molar-refractivity contribution in [3.05, 3.63) is 28.7 Å². The molecule has 0 aliphatic heterocycles. The number of amides is 1. The van der Waals surface area contributed by atoms with Gasteiger partial charge in [-0.25, -0.2) is 0 Å². The Morgan fingerprint density at radius 3 is 2.53 bits per heavy atom. The van der Waals surface area contributed by atoms with Gasteiger partial charge in [0.15, 0.2) is 0 Å². The summed E-state index contributed by atoms with van der Waals surface area (Å²) in [6, 6.07) is 7.58. The topological polar surface area (TPSA) is 64.3 Å². The highest BCUT2D eigenvalue weighted by molar-refractivity contribution is 9.10. The van der Waals surface area contributed by atoms with Gasteiger partial charge in [0.1, 0.15) is 12.4 Å². The minimum atomic E-state index is -0.705. The summed E-state index contributed by atoms with van der Waals surface area (Å²) in [4.78, 5) is 11.0. The van der Waals surface area contributed by atoms with Crippen molar-refractivity contribution in [3.63, 3.8) is 0 Å².